The molecule has 0 bridgehead atoms. The van der Waals surface area contributed by atoms with Gasteiger partial charge in [-0.3, -0.25) is 0 Å². The van der Waals surface area contributed by atoms with Gasteiger partial charge in [-0.2, -0.15) is 0 Å². The normalized spacial score (nSPS) is 17.8. The van der Waals surface area contributed by atoms with Crippen molar-refractivity contribution >= 4 is 0 Å². The van der Waals surface area contributed by atoms with Gasteiger partial charge in [0, 0.05) is 0 Å². The molecule has 0 rings (SSSR count). The van der Waals surface area contributed by atoms with Crippen LogP contribution in [0, 0.1) is 11.8 Å². The van der Waals surface area contributed by atoms with Crippen molar-refractivity contribution in [1.82, 2.24) is 0 Å². The predicted octanol–water partition coefficient (Wildman–Crippen LogP) is 2.58. The fourth-order valence-corrected chi connectivity index (χ4v) is 2.24. The van der Waals surface area contributed by atoms with Crippen molar-refractivity contribution in [2.45, 2.75) is 59.0 Å². The monoisotopic (exact) mass is 202 g/mol. The number of aliphatic hydroxyl groups excluding tert-OH is 2. The average molecular weight is 202 g/mol. The summed E-state index contributed by atoms with van der Waals surface area (Å²) in [6, 6.07) is 0. The highest BCUT2D eigenvalue weighted by Gasteiger charge is 2.24. The first-order valence-electron chi connectivity index (χ1n) is 6.00. The molecule has 2 nitrogen and oxygen atoms in total. The zero-order valence-corrected chi connectivity index (χ0v) is 9.87. The summed E-state index contributed by atoms with van der Waals surface area (Å²) in [5, 5.41) is 18.6. The molecule has 0 aliphatic heterocycles. The molecular formula is C12H26O2. The van der Waals surface area contributed by atoms with Crippen LogP contribution in [0.25, 0.3) is 0 Å². The second-order valence-electron chi connectivity index (χ2n) is 4.13. The standard InChI is InChI=1S/C12H26O2/c1-4-7-8-10(5-2)11(6-3)12(14)9-13/h10-14H,4-9H2,1-3H3. The molecule has 0 saturated heterocycles. The molecule has 0 amide bonds. The van der Waals surface area contributed by atoms with Gasteiger partial charge in [0.25, 0.3) is 0 Å². The van der Waals surface area contributed by atoms with Crippen LogP contribution in [0.1, 0.15) is 52.9 Å². The minimum atomic E-state index is -0.526. The maximum atomic E-state index is 9.67. The third kappa shape index (κ3) is 4.43. The highest BCUT2D eigenvalue weighted by molar-refractivity contribution is 4.74. The van der Waals surface area contributed by atoms with E-state index in [1.807, 2.05) is 0 Å². The summed E-state index contributed by atoms with van der Waals surface area (Å²) in [5.41, 5.74) is 0. The molecule has 0 aromatic rings. The molecule has 0 aromatic heterocycles. The molecule has 0 aromatic carbocycles. The van der Waals surface area contributed by atoms with Gasteiger partial charge in [-0.25, -0.2) is 0 Å². The highest BCUT2D eigenvalue weighted by atomic mass is 16.3. The third-order valence-corrected chi connectivity index (χ3v) is 3.21. The summed E-state index contributed by atoms with van der Waals surface area (Å²) >= 11 is 0. The van der Waals surface area contributed by atoms with Crippen molar-refractivity contribution in [3.63, 3.8) is 0 Å². The summed E-state index contributed by atoms with van der Waals surface area (Å²) in [6.45, 7) is 6.36. The van der Waals surface area contributed by atoms with E-state index in [0.29, 0.717) is 5.92 Å². The fraction of sp³-hybridized carbons (Fsp3) is 1.00. The molecule has 0 saturated carbocycles. The lowest BCUT2D eigenvalue weighted by Crippen LogP contribution is -2.30. The van der Waals surface area contributed by atoms with Crippen LogP contribution in [0.2, 0.25) is 0 Å². The van der Waals surface area contributed by atoms with Crippen molar-refractivity contribution in [1.29, 1.82) is 0 Å². The molecule has 86 valence electrons. The van der Waals surface area contributed by atoms with E-state index in [1.54, 1.807) is 0 Å². The Bertz CT molecular complexity index is 125. The number of aliphatic hydroxyl groups is 2. The van der Waals surface area contributed by atoms with Crippen LogP contribution < -0.4 is 0 Å². The summed E-state index contributed by atoms with van der Waals surface area (Å²) in [4.78, 5) is 0. The van der Waals surface area contributed by atoms with Gasteiger partial charge in [-0.1, -0.05) is 52.9 Å². The van der Waals surface area contributed by atoms with Crippen LogP contribution in [-0.4, -0.2) is 22.9 Å². The maximum Gasteiger partial charge on any atom is 0.0801 e. The molecular weight excluding hydrogens is 176 g/mol. The Morgan fingerprint density at radius 3 is 2.07 bits per heavy atom. The van der Waals surface area contributed by atoms with E-state index < -0.39 is 6.10 Å². The molecule has 0 spiro atoms. The highest BCUT2D eigenvalue weighted by Crippen LogP contribution is 2.27. The van der Waals surface area contributed by atoms with Gasteiger partial charge in [-0.15, -0.1) is 0 Å². The largest absolute Gasteiger partial charge is 0.394 e. The lowest BCUT2D eigenvalue weighted by molar-refractivity contribution is 0.0176. The van der Waals surface area contributed by atoms with Gasteiger partial charge < -0.3 is 10.2 Å². The van der Waals surface area contributed by atoms with Gasteiger partial charge >= 0.3 is 0 Å². The van der Waals surface area contributed by atoms with E-state index in [4.69, 9.17) is 5.11 Å². The van der Waals surface area contributed by atoms with Gasteiger partial charge in [0.1, 0.15) is 0 Å². The minimum Gasteiger partial charge on any atom is -0.394 e. The number of rotatable bonds is 8. The van der Waals surface area contributed by atoms with Crippen LogP contribution in [0.15, 0.2) is 0 Å². The summed E-state index contributed by atoms with van der Waals surface area (Å²) < 4.78 is 0. The van der Waals surface area contributed by atoms with E-state index in [9.17, 15) is 5.11 Å². The average Bonchev–Trinajstić information content (AvgIpc) is 2.23. The topological polar surface area (TPSA) is 40.5 Å². The summed E-state index contributed by atoms with van der Waals surface area (Å²) in [6.07, 6.45) is 5.17. The summed E-state index contributed by atoms with van der Waals surface area (Å²) in [5.74, 6) is 0.846. The van der Waals surface area contributed by atoms with Gasteiger partial charge in [0.05, 0.1) is 12.7 Å². The first kappa shape index (κ1) is 13.9. The van der Waals surface area contributed by atoms with Crippen LogP contribution in [0.5, 0.6) is 0 Å². The molecule has 2 N–H and O–H groups in total. The predicted molar refractivity (Wildman–Crippen MR) is 60.2 cm³/mol. The Labute approximate surface area is 88.3 Å². The number of hydrogen-bond donors (Lipinski definition) is 2. The Morgan fingerprint density at radius 2 is 1.71 bits per heavy atom. The van der Waals surface area contributed by atoms with Crippen LogP contribution in [-0.2, 0) is 0 Å². The van der Waals surface area contributed by atoms with E-state index in [2.05, 4.69) is 20.8 Å². The van der Waals surface area contributed by atoms with E-state index in [0.717, 1.165) is 12.8 Å². The lowest BCUT2D eigenvalue weighted by Gasteiger charge is -2.28. The Morgan fingerprint density at radius 1 is 1.07 bits per heavy atom. The van der Waals surface area contributed by atoms with Crippen molar-refractivity contribution in [3.05, 3.63) is 0 Å². The molecule has 0 radical (unpaired) electrons. The van der Waals surface area contributed by atoms with Gasteiger partial charge in [-0.05, 0) is 11.8 Å². The second-order valence-corrected chi connectivity index (χ2v) is 4.13. The summed E-state index contributed by atoms with van der Waals surface area (Å²) in [7, 11) is 0. The molecule has 2 heteroatoms. The molecule has 3 unspecified atom stereocenters. The second kappa shape index (κ2) is 8.25. The van der Waals surface area contributed by atoms with Crippen molar-refractivity contribution in [2.24, 2.45) is 11.8 Å². The molecule has 0 heterocycles. The Hall–Kier alpha value is -0.0800. The van der Waals surface area contributed by atoms with Crippen molar-refractivity contribution in [3.8, 4) is 0 Å². The number of unbranched alkanes of at least 4 members (excludes halogenated alkanes) is 1. The zero-order chi connectivity index (χ0) is 11.0. The van der Waals surface area contributed by atoms with Crippen LogP contribution >= 0.6 is 0 Å². The van der Waals surface area contributed by atoms with E-state index in [-0.39, 0.29) is 12.5 Å². The first-order chi connectivity index (χ1) is 6.71. The van der Waals surface area contributed by atoms with Crippen LogP contribution in [0.3, 0.4) is 0 Å². The lowest BCUT2D eigenvalue weighted by atomic mass is 9.81. The zero-order valence-electron chi connectivity index (χ0n) is 9.87. The number of hydrogen-bond acceptors (Lipinski definition) is 2. The van der Waals surface area contributed by atoms with E-state index in [1.165, 1.54) is 19.3 Å². The maximum absolute atomic E-state index is 9.67. The minimum absolute atomic E-state index is 0.0961. The van der Waals surface area contributed by atoms with Gasteiger partial charge in [0.15, 0.2) is 0 Å². The quantitative estimate of drug-likeness (QED) is 0.635. The molecule has 0 fully saturated rings. The molecule has 0 aliphatic carbocycles. The first-order valence-corrected chi connectivity index (χ1v) is 6.00. The third-order valence-electron chi connectivity index (χ3n) is 3.21. The fourth-order valence-electron chi connectivity index (χ4n) is 2.24. The smallest absolute Gasteiger partial charge is 0.0801 e. The Kier molecular flexibility index (Phi) is 8.20. The van der Waals surface area contributed by atoms with Gasteiger partial charge in [0.2, 0.25) is 0 Å². The molecule has 0 aliphatic rings. The SMILES string of the molecule is CCCCC(CC)C(CC)C(O)CO. The Balaban J connectivity index is 4.13. The molecule has 14 heavy (non-hydrogen) atoms. The van der Waals surface area contributed by atoms with E-state index >= 15 is 0 Å². The van der Waals surface area contributed by atoms with Crippen molar-refractivity contribution < 1.29 is 10.2 Å². The molecule has 3 atom stereocenters. The van der Waals surface area contributed by atoms with Crippen LogP contribution in [0.4, 0.5) is 0 Å². The van der Waals surface area contributed by atoms with Crippen molar-refractivity contribution in [2.75, 3.05) is 6.61 Å².